The number of para-hydroxylation sites is 1. The fourth-order valence-corrected chi connectivity index (χ4v) is 2.94. The Morgan fingerprint density at radius 3 is 2.15 bits per heavy atom. The van der Waals surface area contributed by atoms with Crippen molar-refractivity contribution in [3.63, 3.8) is 0 Å². The molecular weight excluding hydrogens is 436 g/mol. The minimum Gasteiger partial charge on any atom is -0.465 e. The molecule has 0 heterocycles. The first kappa shape index (κ1) is 24.1. The van der Waals surface area contributed by atoms with E-state index in [1.807, 2.05) is 43.3 Å². The molecular formula is C25H24N4O5. The largest absolute Gasteiger partial charge is 0.465 e. The van der Waals surface area contributed by atoms with E-state index in [1.54, 1.807) is 36.4 Å². The van der Waals surface area contributed by atoms with Gasteiger partial charge in [0.05, 0.1) is 29.6 Å². The molecule has 1 amide bonds. The summed E-state index contributed by atoms with van der Waals surface area (Å²) in [4.78, 5) is 38.7. The molecule has 0 bridgehead atoms. The van der Waals surface area contributed by atoms with Gasteiger partial charge in [-0.3, -0.25) is 4.79 Å². The predicted octanol–water partition coefficient (Wildman–Crippen LogP) is 4.75. The zero-order valence-corrected chi connectivity index (χ0v) is 19.0. The lowest BCUT2D eigenvalue weighted by Crippen LogP contribution is -2.22. The number of carbonyl (C=O) groups is 3. The molecule has 174 valence electrons. The second kappa shape index (κ2) is 11.4. The van der Waals surface area contributed by atoms with E-state index in [0.717, 1.165) is 5.69 Å². The Morgan fingerprint density at radius 1 is 0.824 bits per heavy atom. The quantitative estimate of drug-likeness (QED) is 0.384. The Morgan fingerprint density at radius 2 is 1.47 bits per heavy atom. The summed E-state index contributed by atoms with van der Waals surface area (Å²) in [5.74, 6) is -1.93. The van der Waals surface area contributed by atoms with Crippen molar-refractivity contribution < 1.29 is 23.9 Å². The number of hydrogen-bond donors (Lipinski definition) is 1. The van der Waals surface area contributed by atoms with E-state index in [0.29, 0.717) is 11.4 Å². The number of rotatable bonds is 8. The Bertz CT molecular complexity index is 1210. The molecule has 0 saturated heterocycles. The molecule has 0 radical (unpaired) electrons. The lowest BCUT2D eigenvalue weighted by atomic mass is 10.2. The maximum atomic E-state index is 12.6. The van der Waals surface area contributed by atoms with E-state index in [-0.39, 0.29) is 16.8 Å². The van der Waals surface area contributed by atoms with Gasteiger partial charge in [-0.15, -0.1) is 5.11 Å². The van der Waals surface area contributed by atoms with Crippen LogP contribution in [0, 0.1) is 0 Å². The third-order valence-corrected chi connectivity index (χ3v) is 4.70. The number of amides is 1. The molecule has 9 nitrogen and oxygen atoms in total. The lowest BCUT2D eigenvalue weighted by Gasteiger charge is -2.11. The van der Waals surface area contributed by atoms with Crippen molar-refractivity contribution in [1.29, 1.82) is 0 Å². The summed E-state index contributed by atoms with van der Waals surface area (Å²) >= 11 is 0. The van der Waals surface area contributed by atoms with E-state index in [2.05, 4.69) is 15.5 Å². The maximum Gasteiger partial charge on any atom is 0.340 e. The highest BCUT2D eigenvalue weighted by Crippen LogP contribution is 2.24. The average molecular weight is 460 g/mol. The molecule has 0 atom stereocenters. The van der Waals surface area contributed by atoms with Gasteiger partial charge in [0.25, 0.3) is 5.91 Å². The van der Waals surface area contributed by atoms with Crippen molar-refractivity contribution in [3.05, 3.63) is 83.9 Å². The topological polar surface area (TPSA) is 110 Å². The summed E-state index contributed by atoms with van der Waals surface area (Å²) in [5, 5.41) is 10.9. The van der Waals surface area contributed by atoms with Crippen LogP contribution in [0.5, 0.6) is 0 Å². The molecule has 0 unspecified atom stereocenters. The fourth-order valence-electron chi connectivity index (χ4n) is 2.94. The zero-order chi connectivity index (χ0) is 24.5. The van der Waals surface area contributed by atoms with Crippen LogP contribution in [0.4, 0.5) is 22.7 Å². The number of hydrogen-bond acceptors (Lipinski definition) is 8. The van der Waals surface area contributed by atoms with Crippen LogP contribution in [0.3, 0.4) is 0 Å². The number of anilines is 2. The highest BCUT2D eigenvalue weighted by molar-refractivity contribution is 6.02. The summed E-state index contributed by atoms with van der Waals surface area (Å²) in [7, 11) is 5.13. The van der Waals surface area contributed by atoms with Crippen molar-refractivity contribution in [2.75, 3.05) is 38.0 Å². The summed E-state index contributed by atoms with van der Waals surface area (Å²) in [6.45, 7) is -0.550. The molecule has 0 aliphatic carbocycles. The number of nitrogens with one attached hydrogen (secondary N) is 1. The second-order valence-corrected chi connectivity index (χ2v) is 7.29. The first-order chi connectivity index (χ1) is 16.4. The summed E-state index contributed by atoms with van der Waals surface area (Å²) < 4.78 is 9.85. The summed E-state index contributed by atoms with van der Waals surface area (Å²) in [6, 6.07) is 20.4. The van der Waals surface area contributed by atoms with Crippen molar-refractivity contribution in [1.82, 2.24) is 0 Å². The van der Waals surface area contributed by atoms with Gasteiger partial charge in [-0.25, -0.2) is 9.59 Å². The minimum absolute atomic E-state index is 0.166. The van der Waals surface area contributed by atoms with Crippen molar-refractivity contribution in [2.45, 2.75) is 0 Å². The molecule has 1 N–H and O–H groups in total. The number of azo groups is 1. The van der Waals surface area contributed by atoms with Crippen LogP contribution in [0.1, 0.15) is 20.7 Å². The van der Waals surface area contributed by atoms with Gasteiger partial charge in [0.2, 0.25) is 0 Å². The molecule has 0 aliphatic rings. The van der Waals surface area contributed by atoms with Gasteiger partial charge < -0.3 is 19.7 Å². The maximum absolute atomic E-state index is 12.6. The van der Waals surface area contributed by atoms with E-state index in [1.165, 1.54) is 19.2 Å². The van der Waals surface area contributed by atoms with Gasteiger partial charge in [-0.2, -0.15) is 5.11 Å². The Balaban J connectivity index is 1.65. The first-order valence-corrected chi connectivity index (χ1v) is 10.3. The van der Waals surface area contributed by atoms with Crippen LogP contribution in [-0.2, 0) is 14.3 Å². The van der Waals surface area contributed by atoms with Crippen molar-refractivity contribution in [3.8, 4) is 0 Å². The number of esters is 2. The van der Waals surface area contributed by atoms with Gasteiger partial charge in [0.15, 0.2) is 6.61 Å². The van der Waals surface area contributed by atoms with Gasteiger partial charge in [0.1, 0.15) is 5.69 Å². The first-order valence-electron chi connectivity index (χ1n) is 10.3. The van der Waals surface area contributed by atoms with Crippen LogP contribution in [-0.4, -0.2) is 45.7 Å². The number of benzene rings is 3. The molecule has 0 fully saturated rings. The molecule has 0 aromatic heterocycles. The van der Waals surface area contributed by atoms with E-state index in [9.17, 15) is 14.4 Å². The van der Waals surface area contributed by atoms with E-state index < -0.39 is 24.5 Å². The SMILES string of the molecule is COC(=O)c1ccccc1NC(=O)COC(=O)c1ccccc1N=Nc1ccc(N(C)C)cc1. The monoisotopic (exact) mass is 460 g/mol. The van der Waals surface area contributed by atoms with Crippen molar-refractivity contribution >= 4 is 40.6 Å². The highest BCUT2D eigenvalue weighted by atomic mass is 16.5. The normalized spacial score (nSPS) is 10.6. The van der Waals surface area contributed by atoms with Crippen molar-refractivity contribution in [2.24, 2.45) is 10.2 Å². The Labute approximate surface area is 197 Å². The van der Waals surface area contributed by atoms with Gasteiger partial charge in [0, 0.05) is 19.8 Å². The molecule has 0 saturated carbocycles. The van der Waals surface area contributed by atoms with Crippen LogP contribution in [0.25, 0.3) is 0 Å². The van der Waals surface area contributed by atoms with Crippen LogP contribution < -0.4 is 10.2 Å². The molecule has 34 heavy (non-hydrogen) atoms. The standard InChI is InChI=1S/C25H24N4O5/c1-29(2)18-14-12-17(13-15-18)27-28-22-11-7-5-9-20(22)25(32)34-16-23(30)26-21-10-6-4-8-19(21)24(31)33-3/h4-15H,16H2,1-3H3,(H,26,30). The summed E-state index contributed by atoms with van der Waals surface area (Å²) in [5.41, 5.74) is 2.56. The summed E-state index contributed by atoms with van der Waals surface area (Å²) in [6.07, 6.45) is 0. The number of ether oxygens (including phenoxy) is 2. The molecule has 0 spiro atoms. The van der Waals surface area contributed by atoms with E-state index >= 15 is 0 Å². The molecule has 3 rings (SSSR count). The van der Waals surface area contributed by atoms with Gasteiger partial charge >= 0.3 is 11.9 Å². The number of methoxy groups -OCH3 is 1. The third kappa shape index (κ3) is 6.26. The molecule has 0 aliphatic heterocycles. The predicted molar refractivity (Wildman–Crippen MR) is 128 cm³/mol. The van der Waals surface area contributed by atoms with Crippen LogP contribution in [0.2, 0.25) is 0 Å². The molecule has 9 heteroatoms. The Kier molecular flexibility index (Phi) is 8.07. The smallest absolute Gasteiger partial charge is 0.340 e. The third-order valence-electron chi connectivity index (χ3n) is 4.70. The zero-order valence-electron chi connectivity index (χ0n) is 19.0. The minimum atomic E-state index is -0.728. The number of carbonyl (C=O) groups excluding carboxylic acids is 3. The number of nitrogens with zero attached hydrogens (tertiary/aromatic N) is 3. The van der Waals surface area contributed by atoms with Gasteiger partial charge in [-0.05, 0) is 48.5 Å². The lowest BCUT2D eigenvalue weighted by molar-refractivity contribution is -0.119. The van der Waals surface area contributed by atoms with Gasteiger partial charge in [-0.1, -0.05) is 24.3 Å². The second-order valence-electron chi connectivity index (χ2n) is 7.29. The molecule has 3 aromatic rings. The fraction of sp³-hybridized carbons (Fsp3) is 0.160. The molecule has 3 aromatic carbocycles. The highest BCUT2D eigenvalue weighted by Gasteiger charge is 2.17. The van der Waals surface area contributed by atoms with E-state index in [4.69, 9.17) is 9.47 Å². The van der Waals surface area contributed by atoms with Crippen LogP contribution >= 0.6 is 0 Å². The Hall–Kier alpha value is -4.53. The van der Waals surface area contributed by atoms with Crippen LogP contribution in [0.15, 0.2) is 83.0 Å². The average Bonchev–Trinajstić information content (AvgIpc) is 2.86.